The summed E-state index contributed by atoms with van der Waals surface area (Å²) in [7, 11) is 1.60. The maximum atomic E-state index is 11.9. The molecule has 0 amide bonds. The molecule has 5 heteroatoms. The van der Waals surface area contributed by atoms with Crippen molar-refractivity contribution in [1.29, 1.82) is 0 Å². The molecule has 1 atom stereocenters. The van der Waals surface area contributed by atoms with Gasteiger partial charge in [-0.3, -0.25) is 4.79 Å². The van der Waals surface area contributed by atoms with Gasteiger partial charge in [0.25, 0.3) is 0 Å². The monoisotopic (exact) mass is 312 g/mol. The Balaban J connectivity index is 2.80. The number of rotatable bonds is 10. The lowest BCUT2D eigenvalue weighted by Crippen LogP contribution is -2.13. The molecule has 0 aliphatic carbocycles. The minimum absolute atomic E-state index is 0.0712. The Bertz CT molecular complexity index is 457. The third-order valence-electron chi connectivity index (χ3n) is 3.77. The second-order valence-corrected chi connectivity index (χ2v) is 6.30. The Kier molecular flexibility index (Phi) is 7.57. The van der Waals surface area contributed by atoms with Gasteiger partial charge in [-0.1, -0.05) is 40.0 Å². The summed E-state index contributed by atoms with van der Waals surface area (Å²) in [5.41, 5.74) is 6.51. The molecule has 3 N–H and O–H groups in total. The molecule has 4 nitrogen and oxygen atoms in total. The summed E-state index contributed by atoms with van der Waals surface area (Å²) in [6, 6.07) is 0. The summed E-state index contributed by atoms with van der Waals surface area (Å²) in [4.78, 5) is 12.5. The molecule has 0 bridgehead atoms. The molecule has 0 saturated heterocycles. The Morgan fingerprint density at radius 3 is 2.62 bits per heavy atom. The predicted octanol–water partition coefficient (Wildman–Crippen LogP) is 4.56. The van der Waals surface area contributed by atoms with Gasteiger partial charge in [0.15, 0.2) is 11.5 Å². The van der Waals surface area contributed by atoms with E-state index in [1.54, 1.807) is 7.11 Å². The van der Waals surface area contributed by atoms with Crippen LogP contribution in [0.1, 0.15) is 62.5 Å². The van der Waals surface area contributed by atoms with E-state index in [1.807, 2.05) is 6.92 Å². The molecule has 1 heterocycles. The molecule has 0 aromatic carbocycles. The van der Waals surface area contributed by atoms with E-state index in [2.05, 4.69) is 19.2 Å². The molecule has 1 aromatic heterocycles. The van der Waals surface area contributed by atoms with E-state index in [1.165, 1.54) is 30.6 Å². The zero-order chi connectivity index (χ0) is 15.8. The van der Waals surface area contributed by atoms with Crippen LogP contribution in [0.3, 0.4) is 0 Å². The number of hydrogen-bond donors (Lipinski definition) is 2. The van der Waals surface area contributed by atoms with E-state index in [9.17, 15) is 4.79 Å². The zero-order valence-electron chi connectivity index (χ0n) is 13.6. The van der Waals surface area contributed by atoms with Crippen LogP contribution in [0.25, 0.3) is 0 Å². The fraction of sp³-hybridized carbons (Fsp3) is 0.688. The second-order valence-electron chi connectivity index (χ2n) is 5.28. The average molecular weight is 312 g/mol. The number of thiophene rings is 1. The fourth-order valence-corrected chi connectivity index (χ4v) is 3.40. The summed E-state index contributed by atoms with van der Waals surface area (Å²) in [5, 5.41) is 4.30. The summed E-state index contributed by atoms with van der Waals surface area (Å²) in [5.74, 6) is 1.33. The van der Waals surface area contributed by atoms with Crippen molar-refractivity contribution in [3.05, 3.63) is 4.88 Å². The predicted molar refractivity (Wildman–Crippen MR) is 91.7 cm³/mol. The molecule has 0 aliphatic rings. The Hall–Kier alpha value is -1.23. The first-order chi connectivity index (χ1) is 10.1. The largest absolute Gasteiger partial charge is 0.492 e. The van der Waals surface area contributed by atoms with Crippen molar-refractivity contribution in [3.63, 3.8) is 0 Å². The van der Waals surface area contributed by atoms with Crippen LogP contribution in [-0.2, 0) is 0 Å². The Morgan fingerprint density at radius 1 is 1.38 bits per heavy atom. The van der Waals surface area contributed by atoms with Crippen molar-refractivity contribution in [2.45, 2.75) is 52.9 Å². The number of hydrogen-bond acceptors (Lipinski definition) is 5. The first kappa shape index (κ1) is 17.8. The molecular formula is C16H28N2O2S. The van der Waals surface area contributed by atoms with Crippen LogP contribution >= 0.6 is 11.3 Å². The molecule has 0 radical (unpaired) electrons. The molecule has 21 heavy (non-hydrogen) atoms. The molecule has 120 valence electrons. The van der Waals surface area contributed by atoms with Gasteiger partial charge in [-0.2, -0.15) is 0 Å². The van der Waals surface area contributed by atoms with Gasteiger partial charge in [0.05, 0.1) is 17.7 Å². The van der Waals surface area contributed by atoms with Crippen LogP contribution < -0.4 is 15.8 Å². The minimum Gasteiger partial charge on any atom is -0.492 e. The summed E-state index contributed by atoms with van der Waals surface area (Å²) >= 11 is 1.41. The SMILES string of the molecule is CCCCC(CC)CNc1sc(C(=O)CC)c(N)c1OC. The van der Waals surface area contributed by atoms with Crippen LogP contribution in [0.2, 0.25) is 0 Å². The fourth-order valence-electron chi connectivity index (χ4n) is 2.30. The second kappa shape index (κ2) is 8.93. The van der Waals surface area contributed by atoms with Crippen LogP contribution in [-0.4, -0.2) is 19.4 Å². The number of carbonyl (C=O) groups excluding carboxylic acids is 1. The van der Waals surface area contributed by atoms with E-state index in [0.29, 0.717) is 28.7 Å². The lowest BCUT2D eigenvalue weighted by atomic mass is 9.99. The van der Waals surface area contributed by atoms with Gasteiger partial charge in [0.1, 0.15) is 5.00 Å². The van der Waals surface area contributed by atoms with E-state index < -0.39 is 0 Å². The summed E-state index contributed by atoms with van der Waals surface area (Å²) in [6.07, 6.45) is 5.31. The summed E-state index contributed by atoms with van der Waals surface area (Å²) in [6.45, 7) is 7.17. The zero-order valence-corrected chi connectivity index (χ0v) is 14.4. The first-order valence-electron chi connectivity index (χ1n) is 7.82. The van der Waals surface area contributed by atoms with Crippen LogP contribution in [0.5, 0.6) is 5.75 Å². The number of nitrogens with one attached hydrogen (secondary N) is 1. The standard InChI is InChI=1S/C16H28N2O2S/c1-5-8-9-11(6-2)10-18-16-14(20-4)13(17)15(21-16)12(19)7-3/h11,18H,5-10,17H2,1-4H3. The van der Waals surface area contributed by atoms with Gasteiger partial charge in [-0.15, -0.1) is 11.3 Å². The normalized spacial score (nSPS) is 12.2. The van der Waals surface area contributed by atoms with Gasteiger partial charge in [0, 0.05) is 13.0 Å². The van der Waals surface area contributed by atoms with E-state index in [-0.39, 0.29) is 5.78 Å². The molecule has 0 saturated carbocycles. The average Bonchev–Trinajstić information content (AvgIpc) is 2.82. The Labute approximate surface area is 132 Å². The number of unbranched alkanes of at least 4 members (excludes halogenated alkanes) is 1. The topological polar surface area (TPSA) is 64.4 Å². The molecule has 0 spiro atoms. The highest BCUT2D eigenvalue weighted by atomic mass is 32.1. The summed E-state index contributed by atoms with van der Waals surface area (Å²) < 4.78 is 5.37. The van der Waals surface area contributed by atoms with Gasteiger partial charge in [-0.05, 0) is 12.3 Å². The highest BCUT2D eigenvalue weighted by Gasteiger charge is 2.21. The number of nitrogen functional groups attached to an aromatic ring is 1. The maximum Gasteiger partial charge on any atom is 0.176 e. The lowest BCUT2D eigenvalue weighted by Gasteiger charge is -2.15. The van der Waals surface area contributed by atoms with Gasteiger partial charge in [0.2, 0.25) is 0 Å². The molecule has 1 unspecified atom stereocenters. The molecule has 0 fully saturated rings. The van der Waals surface area contributed by atoms with E-state index >= 15 is 0 Å². The maximum absolute atomic E-state index is 11.9. The number of nitrogens with two attached hydrogens (primary N) is 1. The first-order valence-corrected chi connectivity index (χ1v) is 8.63. The molecular weight excluding hydrogens is 284 g/mol. The molecule has 0 aliphatic heterocycles. The third-order valence-corrected chi connectivity index (χ3v) is 4.96. The van der Waals surface area contributed by atoms with Crippen molar-refractivity contribution in [3.8, 4) is 5.75 Å². The minimum atomic E-state index is 0.0712. The van der Waals surface area contributed by atoms with Gasteiger partial charge < -0.3 is 15.8 Å². The molecule has 1 aromatic rings. The number of ketones is 1. The Morgan fingerprint density at radius 2 is 2.10 bits per heavy atom. The van der Waals surface area contributed by atoms with Crippen LogP contribution in [0, 0.1) is 5.92 Å². The van der Waals surface area contributed by atoms with Gasteiger partial charge in [-0.25, -0.2) is 0 Å². The smallest absolute Gasteiger partial charge is 0.176 e. The third kappa shape index (κ3) is 4.63. The highest BCUT2D eigenvalue weighted by Crippen LogP contribution is 2.43. The van der Waals surface area contributed by atoms with Crippen molar-refractivity contribution in [2.24, 2.45) is 5.92 Å². The van der Waals surface area contributed by atoms with Crippen LogP contribution in [0.15, 0.2) is 0 Å². The van der Waals surface area contributed by atoms with Crippen LogP contribution in [0.4, 0.5) is 10.7 Å². The van der Waals surface area contributed by atoms with Crippen molar-refractivity contribution in [2.75, 3.05) is 24.7 Å². The number of carbonyl (C=O) groups is 1. The number of anilines is 2. The number of ether oxygens (including phenoxy) is 1. The van der Waals surface area contributed by atoms with Crippen molar-refractivity contribution in [1.82, 2.24) is 0 Å². The van der Waals surface area contributed by atoms with Gasteiger partial charge >= 0.3 is 0 Å². The van der Waals surface area contributed by atoms with Crippen molar-refractivity contribution >= 4 is 27.8 Å². The lowest BCUT2D eigenvalue weighted by molar-refractivity contribution is 0.0992. The van der Waals surface area contributed by atoms with E-state index in [0.717, 1.165) is 18.0 Å². The van der Waals surface area contributed by atoms with Crippen molar-refractivity contribution < 1.29 is 9.53 Å². The van der Waals surface area contributed by atoms with E-state index in [4.69, 9.17) is 10.5 Å². The number of Topliss-reactive ketones (excluding diaryl/α,β-unsaturated/α-hetero) is 1. The quantitative estimate of drug-likeness (QED) is 0.622. The highest BCUT2D eigenvalue weighted by molar-refractivity contribution is 7.19. The molecule has 1 rings (SSSR count). The number of methoxy groups -OCH3 is 1.